The molecule has 0 saturated heterocycles. The maximum atomic E-state index is 11.9. The monoisotopic (exact) mass is 365 g/mol. The van der Waals surface area contributed by atoms with Crippen LogP contribution in [-0.4, -0.2) is 42.8 Å². The zero-order valence-corrected chi connectivity index (χ0v) is 15.6. The average molecular weight is 365 g/mol. The summed E-state index contributed by atoms with van der Waals surface area (Å²) in [5, 5.41) is 7.57. The Kier molecular flexibility index (Phi) is 8.41. The molecule has 26 heavy (non-hydrogen) atoms. The molecule has 3 amide bonds. The summed E-state index contributed by atoms with van der Waals surface area (Å²) in [6.45, 7) is 7.38. The van der Waals surface area contributed by atoms with Crippen LogP contribution in [0.2, 0.25) is 0 Å². The Morgan fingerprint density at radius 1 is 1.00 bits per heavy atom. The van der Waals surface area contributed by atoms with Crippen LogP contribution in [0.4, 0.5) is 9.59 Å². The van der Waals surface area contributed by atoms with Crippen LogP contribution in [0.1, 0.15) is 33.3 Å². The molecule has 0 heterocycles. The van der Waals surface area contributed by atoms with Gasteiger partial charge in [0.05, 0.1) is 0 Å². The molecule has 0 aliphatic heterocycles. The topological polar surface area (TPSA) is 106 Å². The van der Waals surface area contributed by atoms with Gasteiger partial charge in [0, 0.05) is 13.1 Å². The summed E-state index contributed by atoms with van der Waals surface area (Å²) in [7, 11) is 0. The number of rotatable bonds is 7. The lowest BCUT2D eigenvalue weighted by Crippen LogP contribution is -2.47. The van der Waals surface area contributed by atoms with Gasteiger partial charge in [0.15, 0.2) is 0 Å². The highest BCUT2D eigenvalue weighted by Crippen LogP contribution is 2.06. The maximum Gasteiger partial charge on any atom is 0.408 e. The van der Waals surface area contributed by atoms with Crippen LogP contribution >= 0.6 is 0 Å². The first-order valence-corrected chi connectivity index (χ1v) is 8.39. The third kappa shape index (κ3) is 9.51. The number of nitrogens with one attached hydrogen (secondary N) is 3. The van der Waals surface area contributed by atoms with Gasteiger partial charge in [-0.1, -0.05) is 30.3 Å². The minimum absolute atomic E-state index is 0.126. The lowest BCUT2D eigenvalue weighted by molar-refractivity contribution is -0.122. The first kappa shape index (κ1) is 21.3. The quantitative estimate of drug-likeness (QED) is 0.641. The SMILES string of the molecule is C[C@H](NC(=O)OCc1ccccc1)C(=O)NCCNC(=O)OC(C)(C)C. The molecule has 0 spiro atoms. The first-order chi connectivity index (χ1) is 12.2. The van der Waals surface area contributed by atoms with Crippen LogP contribution in [0.5, 0.6) is 0 Å². The van der Waals surface area contributed by atoms with E-state index >= 15 is 0 Å². The van der Waals surface area contributed by atoms with Crippen LogP contribution in [0.3, 0.4) is 0 Å². The summed E-state index contributed by atoms with van der Waals surface area (Å²) in [5.74, 6) is -0.382. The minimum Gasteiger partial charge on any atom is -0.445 e. The van der Waals surface area contributed by atoms with E-state index < -0.39 is 23.8 Å². The highest BCUT2D eigenvalue weighted by Gasteiger charge is 2.17. The normalized spacial score (nSPS) is 11.8. The standard InChI is InChI=1S/C18H27N3O5/c1-13(21-17(24)25-12-14-8-6-5-7-9-14)15(22)19-10-11-20-16(23)26-18(2,3)4/h5-9,13H,10-12H2,1-4H3,(H,19,22)(H,20,23)(H,21,24)/t13-/m0/s1. The van der Waals surface area contributed by atoms with Crippen molar-refractivity contribution < 1.29 is 23.9 Å². The molecule has 0 radical (unpaired) electrons. The zero-order chi connectivity index (χ0) is 19.6. The molecule has 1 aromatic rings. The molecule has 0 saturated carbocycles. The molecule has 8 nitrogen and oxygen atoms in total. The van der Waals surface area contributed by atoms with Crippen LogP contribution in [0.15, 0.2) is 30.3 Å². The van der Waals surface area contributed by atoms with Gasteiger partial charge in [-0.15, -0.1) is 0 Å². The Morgan fingerprint density at radius 2 is 1.62 bits per heavy atom. The van der Waals surface area contributed by atoms with Gasteiger partial charge in [0.25, 0.3) is 0 Å². The molecule has 0 aromatic heterocycles. The van der Waals surface area contributed by atoms with Crippen molar-refractivity contribution in [2.75, 3.05) is 13.1 Å². The van der Waals surface area contributed by atoms with Crippen LogP contribution in [0.25, 0.3) is 0 Å². The number of benzene rings is 1. The number of carbonyl (C=O) groups excluding carboxylic acids is 3. The van der Waals surface area contributed by atoms with Gasteiger partial charge < -0.3 is 25.4 Å². The van der Waals surface area contributed by atoms with Crippen molar-refractivity contribution in [2.45, 2.75) is 45.9 Å². The Hall–Kier alpha value is -2.77. The van der Waals surface area contributed by atoms with Gasteiger partial charge >= 0.3 is 12.2 Å². The van der Waals surface area contributed by atoms with Gasteiger partial charge in [0.2, 0.25) is 5.91 Å². The van der Waals surface area contributed by atoms with Crippen LogP contribution in [-0.2, 0) is 20.9 Å². The van der Waals surface area contributed by atoms with E-state index in [2.05, 4.69) is 16.0 Å². The molecule has 1 rings (SSSR count). The van der Waals surface area contributed by atoms with Gasteiger partial charge in [-0.2, -0.15) is 0 Å². The third-order valence-corrected chi connectivity index (χ3v) is 3.03. The van der Waals surface area contributed by atoms with E-state index in [0.717, 1.165) is 5.56 Å². The number of carbonyl (C=O) groups is 3. The van der Waals surface area contributed by atoms with Gasteiger partial charge in [-0.05, 0) is 33.3 Å². The molecule has 1 aromatic carbocycles. The van der Waals surface area contributed by atoms with Gasteiger partial charge in [-0.25, -0.2) is 9.59 Å². The van der Waals surface area contributed by atoms with E-state index in [9.17, 15) is 14.4 Å². The van der Waals surface area contributed by atoms with Crippen LogP contribution in [0, 0.1) is 0 Å². The Bertz CT molecular complexity index is 599. The van der Waals surface area contributed by atoms with E-state index in [4.69, 9.17) is 9.47 Å². The molecule has 144 valence electrons. The molecule has 0 aliphatic carbocycles. The zero-order valence-electron chi connectivity index (χ0n) is 15.6. The van der Waals surface area contributed by atoms with Crippen LogP contribution < -0.4 is 16.0 Å². The third-order valence-electron chi connectivity index (χ3n) is 3.03. The van der Waals surface area contributed by atoms with E-state index in [1.807, 2.05) is 30.3 Å². The smallest absolute Gasteiger partial charge is 0.408 e. The second-order valence-electron chi connectivity index (χ2n) is 6.65. The van der Waals surface area contributed by atoms with Crippen molar-refractivity contribution >= 4 is 18.1 Å². The number of alkyl carbamates (subject to hydrolysis) is 2. The number of ether oxygens (including phenoxy) is 2. The second-order valence-corrected chi connectivity index (χ2v) is 6.65. The molecule has 0 fully saturated rings. The highest BCUT2D eigenvalue weighted by atomic mass is 16.6. The van der Waals surface area contributed by atoms with Crippen molar-refractivity contribution in [1.29, 1.82) is 0 Å². The molecule has 3 N–H and O–H groups in total. The molecular formula is C18H27N3O5. The fourth-order valence-corrected chi connectivity index (χ4v) is 1.82. The fraction of sp³-hybridized carbons (Fsp3) is 0.500. The van der Waals surface area contributed by atoms with Crippen molar-refractivity contribution in [3.63, 3.8) is 0 Å². The lowest BCUT2D eigenvalue weighted by Gasteiger charge is -2.20. The molecule has 1 atom stereocenters. The number of hydrogen-bond donors (Lipinski definition) is 3. The molecule has 0 unspecified atom stereocenters. The lowest BCUT2D eigenvalue weighted by atomic mass is 10.2. The van der Waals surface area contributed by atoms with Gasteiger partial charge in [-0.3, -0.25) is 4.79 Å². The summed E-state index contributed by atoms with van der Waals surface area (Å²) >= 11 is 0. The van der Waals surface area contributed by atoms with Crippen molar-refractivity contribution in [3.8, 4) is 0 Å². The van der Waals surface area contributed by atoms with E-state index in [1.54, 1.807) is 27.7 Å². The maximum absolute atomic E-state index is 11.9. The minimum atomic E-state index is -0.764. The number of hydrogen-bond acceptors (Lipinski definition) is 5. The van der Waals surface area contributed by atoms with Crippen molar-refractivity contribution in [2.24, 2.45) is 0 Å². The predicted octanol–water partition coefficient (Wildman–Crippen LogP) is 1.94. The second kappa shape index (κ2) is 10.3. The van der Waals surface area contributed by atoms with E-state index in [1.165, 1.54) is 0 Å². The Morgan fingerprint density at radius 3 is 2.23 bits per heavy atom. The first-order valence-electron chi connectivity index (χ1n) is 8.39. The Labute approximate surface area is 153 Å². The average Bonchev–Trinajstić information content (AvgIpc) is 2.56. The number of amides is 3. The van der Waals surface area contributed by atoms with E-state index in [-0.39, 0.29) is 25.6 Å². The predicted molar refractivity (Wildman–Crippen MR) is 96.5 cm³/mol. The van der Waals surface area contributed by atoms with Crippen molar-refractivity contribution in [1.82, 2.24) is 16.0 Å². The highest BCUT2D eigenvalue weighted by molar-refractivity contribution is 5.85. The molecule has 0 bridgehead atoms. The van der Waals surface area contributed by atoms with E-state index in [0.29, 0.717) is 0 Å². The largest absolute Gasteiger partial charge is 0.445 e. The Balaban J connectivity index is 2.19. The molecule has 8 heteroatoms. The summed E-state index contributed by atoms with van der Waals surface area (Å²) in [6, 6.07) is 8.46. The summed E-state index contributed by atoms with van der Waals surface area (Å²) in [4.78, 5) is 35.0. The summed E-state index contributed by atoms with van der Waals surface area (Å²) in [6.07, 6.45) is -1.23. The summed E-state index contributed by atoms with van der Waals surface area (Å²) < 4.78 is 10.1. The molecule has 0 aliphatic rings. The summed E-state index contributed by atoms with van der Waals surface area (Å²) in [5.41, 5.74) is 0.277. The molecular weight excluding hydrogens is 338 g/mol. The van der Waals surface area contributed by atoms with Gasteiger partial charge in [0.1, 0.15) is 18.2 Å². The fourth-order valence-electron chi connectivity index (χ4n) is 1.82. The van der Waals surface area contributed by atoms with Crippen molar-refractivity contribution in [3.05, 3.63) is 35.9 Å².